The van der Waals surface area contributed by atoms with Gasteiger partial charge in [0, 0.05) is 5.02 Å². The molecule has 0 saturated carbocycles. The molecule has 2 N–H and O–H groups in total. The van der Waals surface area contributed by atoms with Gasteiger partial charge in [-0.05, 0) is 42.5 Å². The van der Waals surface area contributed by atoms with Crippen molar-refractivity contribution in [3.05, 3.63) is 34.9 Å². The van der Waals surface area contributed by atoms with Crippen molar-refractivity contribution in [2.75, 3.05) is 6.54 Å². The van der Waals surface area contributed by atoms with Crippen LogP contribution >= 0.6 is 11.6 Å². The Kier molecular flexibility index (Phi) is 5.86. The second kappa shape index (κ2) is 6.93. The van der Waals surface area contributed by atoms with Crippen molar-refractivity contribution in [2.24, 2.45) is 17.6 Å². The van der Waals surface area contributed by atoms with Gasteiger partial charge < -0.3 is 5.73 Å². The van der Waals surface area contributed by atoms with Gasteiger partial charge in [0.05, 0.1) is 0 Å². The summed E-state index contributed by atoms with van der Waals surface area (Å²) in [5.74, 6) is 1.28. The largest absolute Gasteiger partial charge is 0.330 e. The van der Waals surface area contributed by atoms with Gasteiger partial charge in [0.25, 0.3) is 0 Å². The fourth-order valence-corrected chi connectivity index (χ4v) is 2.26. The maximum Gasteiger partial charge on any atom is 0.0406 e. The molecular formula is C14H22ClN. The third-order valence-corrected chi connectivity index (χ3v) is 3.51. The molecule has 1 aromatic carbocycles. The van der Waals surface area contributed by atoms with Crippen molar-refractivity contribution in [2.45, 2.75) is 33.1 Å². The van der Waals surface area contributed by atoms with E-state index in [1.807, 2.05) is 12.1 Å². The highest BCUT2D eigenvalue weighted by atomic mass is 35.5. The number of hydrogen-bond acceptors (Lipinski definition) is 1. The van der Waals surface area contributed by atoms with Crippen LogP contribution in [0.3, 0.4) is 0 Å². The molecule has 2 unspecified atom stereocenters. The van der Waals surface area contributed by atoms with Gasteiger partial charge in [-0.3, -0.25) is 0 Å². The summed E-state index contributed by atoms with van der Waals surface area (Å²) in [7, 11) is 0. The summed E-state index contributed by atoms with van der Waals surface area (Å²) in [6.45, 7) is 5.30. The monoisotopic (exact) mass is 239 g/mol. The van der Waals surface area contributed by atoms with Gasteiger partial charge in [-0.1, -0.05) is 50.4 Å². The van der Waals surface area contributed by atoms with Crippen LogP contribution in [0, 0.1) is 11.8 Å². The van der Waals surface area contributed by atoms with Gasteiger partial charge in [-0.2, -0.15) is 0 Å². The van der Waals surface area contributed by atoms with Crippen LogP contribution in [-0.2, 0) is 6.42 Å². The molecule has 90 valence electrons. The van der Waals surface area contributed by atoms with Crippen molar-refractivity contribution < 1.29 is 0 Å². The van der Waals surface area contributed by atoms with Crippen LogP contribution in [0.5, 0.6) is 0 Å². The van der Waals surface area contributed by atoms with Gasteiger partial charge >= 0.3 is 0 Å². The van der Waals surface area contributed by atoms with Crippen molar-refractivity contribution in [3.63, 3.8) is 0 Å². The van der Waals surface area contributed by atoms with E-state index in [1.54, 1.807) is 0 Å². The normalized spacial score (nSPS) is 14.8. The van der Waals surface area contributed by atoms with E-state index in [0.29, 0.717) is 11.8 Å². The molecule has 2 heteroatoms. The van der Waals surface area contributed by atoms with Gasteiger partial charge in [0.15, 0.2) is 0 Å². The smallest absolute Gasteiger partial charge is 0.0406 e. The molecule has 1 aromatic rings. The van der Waals surface area contributed by atoms with E-state index in [0.717, 1.165) is 18.0 Å². The first kappa shape index (κ1) is 13.5. The highest BCUT2D eigenvalue weighted by molar-refractivity contribution is 6.30. The lowest BCUT2D eigenvalue weighted by molar-refractivity contribution is 0.340. The minimum absolute atomic E-state index is 0.584. The summed E-state index contributed by atoms with van der Waals surface area (Å²) >= 11 is 5.87. The quantitative estimate of drug-likeness (QED) is 0.801. The summed E-state index contributed by atoms with van der Waals surface area (Å²) in [5, 5.41) is 0.801. The highest BCUT2D eigenvalue weighted by Crippen LogP contribution is 2.21. The number of rotatable bonds is 6. The van der Waals surface area contributed by atoms with E-state index >= 15 is 0 Å². The lowest BCUT2D eigenvalue weighted by Crippen LogP contribution is -2.23. The molecule has 1 nitrogen and oxygen atoms in total. The Morgan fingerprint density at radius 2 is 1.88 bits per heavy atom. The number of benzene rings is 1. The number of nitrogens with two attached hydrogens (primary N) is 1. The van der Waals surface area contributed by atoms with Crippen molar-refractivity contribution in [1.82, 2.24) is 0 Å². The number of hydrogen-bond donors (Lipinski definition) is 1. The average Bonchev–Trinajstić information content (AvgIpc) is 2.28. The third-order valence-electron chi connectivity index (χ3n) is 3.26. The van der Waals surface area contributed by atoms with E-state index < -0.39 is 0 Å². The van der Waals surface area contributed by atoms with Crippen LogP contribution in [0.2, 0.25) is 5.02 Å². The average molecular weight is 240 g/mol. The zero-order valence-electron chi connectivity index (χ0n) is 10.2. The van der Waals surface area contributed by atoms with Crippen molar-refractivity contribution in [3.8, 4) is 0 Å². The lowest BCUT2D eigenvalue weighted by Gasteiger charge is -2.22. The van der Waals surface area contributed by atoms with Crippen LogP contribution in [0.25, 0.3) is 0 Å². The summed E-state index contributed by atoms with van der Waals surface area (Å²) in [6.07, 6.45) is 3.56. The summed E-state index contributed by atoms with van der Waals surface area (Å²) in [5.41, 5.74) is 7.19. The second-order valence-electron chi connectivity index (χ2n) is 4.59. The van der Waals surface area contributed by atoms with Crippen LogP contribution in [-0.4, -0.2) is 6.54 Å². The predicted octanol–water partition coefficient (Wildman–Crippen LogP) is 3.89. The first-order chi connectivity index (χ1) is 7.67. The molecule has 0 aliphatic carbocycles. The van der Waals surface area contributed by atoms with E-state index in [-0.39, 0.29) is 0 Å². The Balaban J connectivity index is 2.59. The molecule has 0 aromatic heterocycles. The van der Waals surface area contributed by atoms with Crippen LogP contribution < -0.4 is 5.73 Å². The van der Waals surface area contributed by atoms with Crippen molar-refractivity contribution >= 4 is 11.6 Å². The molecule has 0 heterocycles. The molecule has 0 aliphatic heterocycles. The molecular weight excluding hydrogens is 218 g/mol. The molecule has 2 atom stereocenters. The van der Waals surface area contributed by atoms with E-state index in [9.17, 15) is 0 Å². The number of halogens is 1. The minimum Gasteiger partial charge on any atom is -0.330 e. The van der Waals surface area contributed by atoms with E-state index in [1.165, 1.54) is 18.4 Å². The highest BCUT2D eigenvalue weighted by Gasteiger charge is 2.15. The fourth-order valence-electron chi connectivity index (χ4n) is 2.13. The summed E-state index contributed by atoms with van der Waals surface area (Å²) in [6, 6.07) is 8.11. The first-order valence-corrected chi connectivity index (χ1v) is 6.49. The predicted molar refractivity (Wildman–Crippen MR) is 71.8 cm³/mol. The molecule has 0 radical (unpaired) electrons. The van der Waals surface area contributed by atoms with Crippen molar-refractivity contribution in [1.29, 1.82) is 0 Å². The maximum absolute atomic E-state index is 5.87. The van der Waals surface area contributed by atoms with Gasteiger partial charge in [-0.25, -0.2) is 0 Å². The second-order valence-corrected chi connectivity index (χ2v) is 5.03. The molecule has 0 aliphatic rings. The molecule has 16 heavy (non-hydrogen) atoms. The topological polar surface area (TPSA) is 26.0 Å². The molecule has 0 amide bonds. The maximum atomic E-state index is 5.87. The standard InChI is InChI=1S/C14H22ClN/c1-3-4-11(2)13(10-16)9-12-5-7-14(15)8-6-12/h5-8,11,13H,3-4,9-10,16H2,1-2H3. The summed E-state index contributed by atoms with van der Waals surface area (Å²) in [4.78, 5) is 0. The Morgan fingerprint density at radius 3 is 2.38 bits per heavy atom. The molecule has 1 rings (SSSR count). The fraction of sp³-hybridized carbons (Fsp3) is 0.571. The van der Waals surface area contributed by atoms with Gasteiger partial charge in [0.1, 0.15) is 0 Å². The molecule has 0 bridgehead atoms. The molecule has 0 fully saturated rings. The third kappa shape index (κ3) is 4.15. The SMILES string of the molecule is CCCC(C)C(CN)Cc1ccc(Cl)cc1. The Bertz CT molecular complexity index is 294. The first-order valence-electron chi connectivity index (χ1n) is 6.11. The summed E-state index contributed by atoms with van der Waals surface area (Å²) < 4.78 is 0. The Hall–Kier alpha value is -0.530. The van der Waals surface area contributed by atoms with Gasteiger partial charge in [-0.15, -0.1) is 0 Å². The van der Waals surface area contributed by atoms with E-state index in [2.05, 4.69) is 26.0 Å². The Labute approximate surface area is 104 Å². The molecule has 0 saturated heterocycles. The minimum atomic E-state index is 0.584. The zero-order valence-corrected chi connectivity index (χ0v) is 11.0. The van der Waals surface area contributed by atoms with Gasteiger partial charge in [0.2, 0.25) is 0 Å². The lowest BCUT2D eigenvalue weighted by atomic mass is 9.85. The van der Waals surface area contributed by atoms with Crippen LogP contribution in [0.15, 0.2) is 24.3 Å². The van der Waals surface area contributed by atoms with E-state index in [4.69, 9.17) is 17.3 Å². The van der Waals surface area contributed by atoms with Crippen LogP contribution in [0.1, 0.15) is 32.3 Å². The Morgan fingerprint density at radius 1 is 1.25 bits per heavy atom. The zero-order chi connectivity index (χ0) is 12.0. The molecule has 0 spiro atoms. The van der Waals surface area contributed by atoms with Crippen LogP contribution in [0.4, 0.5) is 0 Å².